The Bertz CT molecular complexity index is 1510. The Morgan fingerprint density at radius 3 is 2.44 bits per heavy atom. The molecule has 0 unspecified atom stereocenters. The van der Waals surface area contributed by atoms with Crippen molar-refractivity contribution in [3.8, 4) is 11.1 Å². The number of aromatic nitrogens is 3. The van der Waals surface area contributed by atoms with E-state index in [1.165, 1.54) is 17.0 Å². The van der Waals surface area contributed by atoms with Crippen molar-refractivity contribution in [1.82, 2.24) is 13.8 Å². The third kappa shape index (κ3) is 3.99. The van der Waals surface area contributed by atoms with E-state index in [-0.39, 0.29) is 30.0 Å². The second kappa shape index (κ2) is 8.37. The molecule has 2 heterocycles. The average Bonchev–Trinajstić information content (AvgIpc) is 3.24. The Morgan fingerprint density at radius 1 is 1.09 bits per heavy atom. The molecular formula is C23H20ClN3O4S. The molecule has 0 saturated heterocycles. The number of rotatable bonds is 6. The number of benzene rings is 2. The molecule has 4 rings (SSSR count). The summed E-state index contributed by atoms with van der Waals surface area (Å²) in [4.78, 5) is 26.6. The van der Waals surface area contributed by atoms with Crippen LogP contribution in [0.4, 0.5) is 0 Å². The highest BCUT2D eigenvalue weighted by Gasteiger charge is 2.23. The molecule has 7 nitrogen and oxygen atoms in total. The standard InChI is InChI=1S/C23H20ClN3O4S/c1-3-20(28)22-21(16-7-5-4-6-8-16)19-11-17(24)9-10-18(19)23(29)26(22)13-15-12-25-27(14-15)32(2,30)31/h4-12,14H,3,13H2,1-2H3. The van der Waals surface area contributed by atoms with Crippen LogP contribution in [-0.4, -0.2) is 34.2 Å². The molecular weight excluding hydrogens is 450 g/mol. The van der Waals surface area contributed by atoms with E-state index < -0.39 is 10.0 Å². The summed E-state index contributed by atoms with van der Waals surface area (Å²) in [6.07, 6.45) is 3.95. The fourth-order valence-corrected chi connectivity index (χ4v) is 4.43. The maximum Gasteiger partial charge on any atom is 0.259 e. The average molecular weight is 470 g/mol. The molecule has 0 amide bonds. The summed E-state index contributed by atoms with van der Waals surface area (Å²) in [6.45, 7) is 1.73. The van der Waals surface area contributed by atoms with Gasteiger partial charge in [-0.2, -0.15) is 9.19 Å². The Hall–Kier alpha value is -3.23. The van der Waals surface area contributed by atoms with Crippen molar-refractivity contribution < 1.29 is 13.2 Å². The number of ketones is 1. The Kier molecular flexibility index (Phi) is 5.75. The van der Waals surface area contributed by atoms with E-state index in [1.807, 2.05) is 30.3 Å². The van der Waals surface area contributed by atoms with Crippen molar-refractivity contribution in [2.75, 3.05) is 6.26 Å². The summed E-state index contributed by atoms with van der Waals surface area (Å²) in [5.41, 5.74) is 1.77. The minimum Gasteiger partial charge on any atom is -0.300 e. The van der Waals surface area contributed by atoms with Gasteiger partial charge in [0.1, 0.15) is 0 Å². The zero-order chi connectivity index (χ0) is 23.0. The predicted octanol–water partition coefficient (Wildman–Crippen LogP) is 3.97. The second-order valence-electron chi connectivity index (χ2n) is 7.43. The van der Waals surface area contributed by atoms with Crippen molar-refractivity contribution >= 4 is 38.2 Å². The van der Waals surface area contributed by atoms with Crippen molar-refractivity contribution in [3.05, 3.63) is 87.6 Å². The Morgan fingerprint density at radius 2 is 1.81 bits per heavy atom. The van der Waals surface area contributed by atoms with Gasteiger partial charge in [-0.15, -0.1) is 0 Å². The van der Waals surface area contributed by atoms with E-state index in [0.29, 0.717) is 26.9 Å². The van der Waals surface area contributed by atoms with Gasteiger partial charge in [0.05, 0.1) is 24.7 Å². The molecule has 0 atom stereocenters. The second-order valence-corrected chi connectivity index (χ2v) is 9.71. The largest absolute Gasteiger partial charge is 0.300 e. The first-order valence-corrected chi connectivity index (χ1v) is 12.1. The molecule has 0 aliphatic heterocycles. The molecule has 2 aromatic carbocycles. The monoisotopic (exact) mass is 469 g/mol. The number of hydrogen-bond donors (Lipinski definition) is 0. The molecule has 0 saturated carbocycles. The van der Waals surface area contributed by atoms with Gasteiger partial charge in [0.25, 0.3) is 15.6 Å². The van der Waals surface area contributed by atoms with Gasteiger partial charge >= 0.3 is 0 Å². The van der Waals surface area contributed by atoms with Crippen molar-refractivity contribution in [3.63, 3.8) is 0 Å². The van der Waals surface area contributed by atoms with Gasteiger partial charge in [-0.25, -0.2) is 8.42 Å². The predicted molar refractivity (Wildman–Crippen MR) is 125 cm³/mol. The number of hydrogen-bond acceptors (Lipinski definition) is 5. The van der Waals surface area contributed by atoms with E-state index in [2.05, 4.69) is 5.10 Å². The van der Waals surface area contributed by atoms with Crippen molar-refractivity contribution in [2.24, 2.45) is 0 Å². The molecule has 0 aliphatic rings. The van der Waals surface area contributed by atoms with Crippen LogP contribution in [0.15, 0.2) is 65.7 Å². The smallest absolute Gasteiger partial charge is 0.259 e. The molecule has 2 aromatic heterocycles. The van der Waals surface area contributed by atoms with Crippen molar-refractivity contribution in [2.45, 2.75) is 19.9 Å². The quantitative estimate of drug-likeness (QED) is 0.398. The Balaban J connectivity index is 2.07. The van der Waals surface area contributed by atoms with Crippen LogP contribution in [0.3, 0.4) is 0 Å². The fraction of sp³-hybridized carbons (Fsp3) is 0.174. The first kappa shape index (κ1) is 22.0. The van der Waals surface area contributed by atoms with Gasteiger partial charge in [-0.05, 0) is 29.1 Å². The molecule has 0 fully saturated rings. The number of halogens is 1. The van der Waals surface area contributed by atoms with Gasteiger partial charge in [-0.3, -0.25) is 14.2 Å². The normalized spacial score (nSPS) is 11.7. The molecule has 164 valence electrons. The summed E-state index contributed by atoms with van der Waals surface area (Å²) in [6, 6.07) is 14.3. The Labute approximate surface area is 189 Å². The number of fused-ring (bicyclic) bond motifs is 1. The number of nitrogens with zero attached hydrogens (tertiary/aromatic N) is 3. The number of Topliss-reactive ketones (excluding diaryl/α,β-unsaturated/α-hetero) is 1. The molecule has 0 radical (unpaired) electrons. The zero-order valence-electron chi connectivity index (χ0n) is 17.4. The molecule has 0 N–H and O–H groups in total. The molecule has 4 aromatic rings. The molecule has 0 bridgehead atoms. The van der Waals surface area contributed by atoms with Gasteiger partial charge in [-0.1, -0.05) is 48.9 Å². The van der Waals surface area contributed by atoms with Crippen LogP contribution in [-0.2, 0) is 16.6 Å². The highest BCUT2D eigenvalue weighted by molar-refractivity contribution is 7.89. The molecule has 0 aliphatic carbocycles. The van der Waals surface area contributed by atoms with E-state index in [9.17, 15) is 18.0 Å². The fourth-order valence-electron chi connectivity index (χ4n) is 3.71. The number of carbonyl (C=O) groups is 1. The van der Waals surface area contributed by atoms with Crippen LogP contribution < -0.4 is 5.56 Å². The maximum absolute atomic E-state index is 13.5. The van der Waals surface area contributed by atoms with Crippen molar-refractivity contribution in [1.29, 1.82) is 0 Å². The van der Waals surface area contributed by atoms with Gasteiger partial charge in [0, 0.05) is 34.2 Å². The highest BCUT2D eigenvalue weighted by Crippen LogP contribution is 2.33. The summed E-state index contributed by atoms with van der Waals surface area (Å²) in [5.74, 6) is -0.210. The number of carbonyl (C=O) groups excluding carboxylic acids is 1. The minimum absolute atomic E-state index is 0.00612. The third-order valence-electron chi connectivity index (χ3n) is 5.18. The summed E-state index contributed by atoms with van der Waals surface area (Å²) >= 11 is 6.25. The first-order valence-electron chi connectivity index (χ1n) is 9.89. The van der Waals surface area contributed by atoms with Gasteiger partial charge in [0.15, 0.2) is 5.78 Å². The van der Waals surface area contributed by atoms with Crippen LogP contribution >= 0.6 is 11.6 Å². The first-order chi connectivity index (χ1) is 15.2. The zero-order valence-corrected chi connectivity index (χ0v) is 19.0. The maximum atomic E-state index is 13.5. The summed E-state index contributed by atoms with van der Waals surface area (Å²) in [5, 5.41) is 5.33. The van der Waals surface area contributed by atoms with Crippen LogP contribution in [0.2, 0.25) is 5.02 Å². The summed E-state index contributed by atoms with van der Waals surface area (Å²) in [7, 11) is -3.57. The van der Waals surface area contributed by atoms with E-state index in [0.717, 1.165) is 15.9 Å². The number of pyridine rings is 1. The highest BCUT2D eigenvalue weighted by atomic mass is 35.5. The molecule has 9 heteroatoms. The minimum atomic E-state index is -3.57. The lowest BCUT2D eigenvalue weighted by Gasteiger charge is -2.19. The lowest BCUT2D eigenvalue weighted by molar-refractivity contribution is 0.0979. The van der Waals surface area contributed by atoms with Crippen LogP contribution in [0.1, 0.15) is 29.4 Å². The molecule has 32 heavy (non-hydrogen) atoms. The summed E-state index contributed by atoms with van der Waals surface area (Å²) < 4.78 is 25.8. The lowest BCUT2D eigenvalue weighted by atomic mass is 9.94. The van der Waals surface area contributed by atoms with Crippen LogP contribution in [0, 0.1) is 0 Å². The topological polar surface area (TPSA) is 91.0 Å². The van der Waals surface area contributed by atoms with Crippen LogP contribution in [0.5, 0.6) is 0 Å². The third-order valence-corrected chi connectivity index (χ3v) is 6.29. The van der Waals surface area contributed by atoms with E-state index in [1.54, 1.807) is 25.1 Å². The van der Waals surface area contributed by atoms with Crippen LogP contribution in [0.25, 0.3) is 21.9 Å². The van der Waals surface area contributed by atoms with E-state index >= 15 is 0 Å². The lowest BCUT2D eigenvalue weighted by Crippen LogP contribution is -2.28. The SMILES string of the molecule is CCC(=O)c1c(-c2ccccc2)c2cc(Cl)ccc2c(=O)n1Cc1cnn(S(C)(=O)=O)c1. The van der Waals surface area contributed by atoms with Gasteiger partial charge in [0.2, 0.25) is 0 Å². The van der Waals surface area contributed by atoms with Gasteiger partial charge < -0.3 is 0 Å². The van der Waals surface area contributed by atoms with E-state index in [4.69, 9.17) is 11.6 Å². The molecule has 0 spiro atoms.